The Morgan fingerprint density at radius 2 is 1.64 bits per heavy atom. The van der Waals surface area contributed by atoms with Gasteiger partial charge in [0.1, 0.15) is 0 Å². The van der Waals surface area contributed by atoms with Gasteiger partial charge in [-0.1, -0.05) is 62.9 Å². The SMILES string of the molecule is O=C(Nc1ccccc1C(=O)O)NC(OC(=O)c1ccc(Br)cc1)C(Cl)(Cl)Cl. The second kappa shape index (κ2) is 9.47. The van der Waals surface area contributed by atoms with Crippen LogP contribution >= 0.6 is 50.7 Å². The molecule has 2 aromatic rings. The quantitative estimate of drug-likeness (QED) is 0.304. The number of benzene rings is 2. The molecule has 2 amide bonds. The molecule has 0 aliphatic heterocycles. The average Bonchev–Trinajstić information content (AvgIpc) is 2.61. The molecule has 11 heteroatoms. The molecule has 0 saturated heterocycles. The van der Waals surface area contributed by atoms with Gasteiger partial charge in [-0.3, -0.25) is 5.32 Å². The molecule has 0 aliphatic rings. The molecule has 0 aliphatic carbocycles. The van der Waals surface area contributed by atoms with Gasteiger partial charge < -0.3 is 15.2 Å². The van der Waals surface area contributed by atoms with Crippen molar-refractivity contribution < 1.29 is 24.2 Å². The number of hydrogen-bond acceptors (Lipinski definition) is 4. The van der Waals surface area contributed by atoms with Gasteiger partial charge in [0.25, 0.3) is 0 Å². The third-order valence-electron chi connectivity index (χ3n) is 3.27. The van der Waals surface area contributed by atoms with Crippen LogP contribution in [-0.2, 0) is 4.74 Å². The number of carbonyl (C=O) groups excluding carboxylic acids is 2. The number of anilines is 1. The number of alkyl halides is 3. The molecule has 1 atom stereocenters. The Labute approximate surface area is 183 Å². The highest BCUT2D eigenvalue weighted by molar-refractivity contribution is 9.10. The van der Waals surface area contributed by atoms with Crippen LogP contribution in [0.25, 0.3) is 0 Å². The smallest absolute Gasteiger partial charge is 0.340 e. The fraction of sp³-hybridized carbons (Fsp3) is 0.118. The molecule has 148 valence electrons. The predicted octanol–water partition coefficient (Wildman–Crippen LogP) is 4.82. The fourth-order valence-corrected chi connectivity index (χ4v) is 2.56. The molecule has 28 heavy (non-hydrogen) atoms. The Morgan fingerprint density at radius 1 is 1.04 bits per heavy atom. The zero-order valence-electron chi connectivity index (χ0n) is 13.8. The maximum atomic E-state index is 12.2. The second-order valence-electron chi connectivity index (χ2n) is 5.28. The summed E-state index contributed by atoms with van der Waals surface area (Å²) in [5, 5.41) is 13.6. The third kappa shape index (κ3) is 6.27. The van der Waals surface area contributed by atoms with Gasteiger partial charge in [-0.15, -0.1) is 0 Å². The second-order valence-corrected chi connectivity index (χ2v) is 8.57. The van der Waals surface area contributed by atoms with Crippen LogP contribution in [0, 0.1) is 0 Å². The van der Waals surface area contributed by atoms with E-state index in [0.717, 1.165) is 4.47 Å². The van der Waals surface area contributed by atoms with Gasteiger partial charge in [-0.05, 0) is 36.4 Å². The van der Waals surface area contributed by atoms with Gasteiger partial charge >= 0.3 is 18.0 Å². The number of esters is 1. The Balaban J connectivity index is 2.12. The predicted molar refractivity (Wildman–Crippen MR) is 109 cm³/mol. The van der Waals surface area contributed by atoms with Gasteiger partial charge in [0.2, 0.25) is 10.0 Å². The van der Waals surface area contributed by atoms with Crippen molar-refractivity contribution in [1.82, 2.24) is 5.32 Å². The molecule has 7 nitrogen and oxygen atoms in total. The van der Waals surface area contributed by atoms with Crippen LogP contribution in [0.4, 0.5) is 10.5 Å². The van der Waals surface area contributed by atoms with E-state index in [1.807, 2.05) is 0 Å². The largest absolute Gasteiger partial charge is 0.478 e. The average molecular weight is 511 g/mol. The van der Waals surface area contributed by atoms with Crippen molar-refractivity contribution in [1.29, 1.82) is 0 Å². The lowest BCUT2D eigenvalue weighted by Crippen LogP contribution is -2.48. The number of carbonyl (C=O) groups is 3. The minimum Gasteiger partial charge on any atom is -0.478 e. The van der Waals surface area contributed by atoms with E-state index in [-0.39, 0.29) is 16.8 Å². The number of urea groups is 1. The highest BCUT2D eigenvalue weighted by atomic mass is 79.9. The molecule has 0 spiro atoms. The van der Waals surface area contributed by atoms with Crippen LogP contribution in [0.5, 0.6) is 0 Å². The van der Waals surface area contributed by atoms with Crippen molar-refractivity contribution in [3.05, 3.63) is 64.1 Å². The molecule has 0 heterocycles. The number of halogens is 4. The fourth-order valence-electron chi connectivity index (χ4n) is 2.00. The minimum atomic E-state index is -2.19. The van der Waals surface area contributed by atoms with Crippen molar-refractivity contribution in [2.45, 2.75) is 10.0 Å². The van der Waals surface area contributed by atoms with Crippen molar-refractivity contribution in [2.24, 2.45) is 0 Å². The Kier molecular flexibility index (Phi) is 7.54. The first kappa shape index (κ1) is 22.3. The van der Waals surface area contributed by atoms with Crippen LogP contribution < -0.4 is 10.6 Å². The van der Waals surface area contributed by atoms with Crippen LogP contribution in [0.2, 0.25) is 0 Å². The van der Waals surface area contributed by atoms with E-state index in [2.05, 4.69) is 26.6 Å². The van der Waals surface area contributed by atoms with E-state index in [4.69, 9.17) is 44.6 Å². The lowest BCUT2D eigenvalue weighted by Gasteiger charge is -2.25. The van der Waals surface area contributed by atoms with Gasteiger partial charge in [-0.25, -0.2) is 14.4 Å². The summed E-state index contributed by atoms with van der Waals surface area (Å²) in [4.78, 5) is 35.7. The molecule has 0 fully saturated rings. The van der Waals surface area contributed by atoms with Gasteiger partial charge in [0.05, 0.1) is 16.8 Å². The molecule has 2 aromatic carbocycles. The molecular formula is C17H12BrCl3N2O5. The summed E-state index contributed by atoms with van der Waals surface area (Å²) >= 11 is 20.6. The standard InChI is InChI=1S/C17H12BrCl3N2O5/c18-10-7-5-9(6-8-10)14(26)28-15(17(19,20)21)23-16(27)22-12-4-2-1-3-11(12)13(24)25/h1-8,15H,(H,24,25)(H2,22,23,27). The summed E-state index contributed by atoms with van der Waals surface area (Å²) in [6.07, 6.45) is -1.65. The van der Waals surface area contributed by atoms with E-state index in [0.29, 0.717) is 0 Å². The topological polar surface area (TPSA) is 105 Å². The molecule has 0 saturated carbocycles. The van der Waals surface area contributed by atoms with Crippen LogP contribution in [0.1, 0.15) is 20.7 Å². The number of amides is 2. The number of para-hydroxylation sites is 1. The molecule has 0 aromatic heterocycles. The van der Waals surface area contributed by atoms with Crippen LogP contribution in [0.3, 0.4) is 0 Å². The van der Waals surface area contributed by atoms with E-state index < -0.39 is 28.0 Å². The summed E-state index contributed by atoms with van der Waals surface area (Å²) in [7, 11) is 0. The molecule has 1 unspecified atom stereocenters. The van der Waals surface area contributed by atoms with E-state index in [1.54, 1.807) is 12.1 Å². The normalized spacial score (nSPS) is 12.0. The molecular weight excluding hydrogens is 498 g/mol. The van der Waals surface area contributed by atoms with E-state index in [9.17, 15) is 14.4 Å². The summed E-state index contributed by atoms with van der Waals surface area (Å²) in [5.74, 6) is -2.08. The first-order valence-corrected chi connectivity index (χ1v) is 9.43. The van der Waals surface area contributed by atoms with E-state index in [1.165, 1.54) is 36.4 Å². The van der Waals surface area contributed by atoms with Crippen molar-refractivity contribution in [3.63, 3.8) is 0 Å². The molecule has 0 radical (unpaired) electrons. The Bertz CT molecular complexity index is 887. The van der Waals surface area contributed by atoms with Crippen molar-refractivity contribution >= 4 is 74.4 Å². The lowest BCUT2D eigenvalue weighted by molar-refractivity contribution is 0.0261. The van der Waals surface area contributed by atoms with Crippen LogP contribution in [-0.4, -0.2) is 33.1 Å². The number of rotatable bonds is 5. The summed E-state index contributed by atoms with van der Waals surface area (Å²) in [5.41, 5.74) is 0.0330. The van der Waals surface area contributed by atoms with Gasteiger partial charge in [0, 0.05) is 4.47 Å². The number of nitrogens with one attached hydrogen (secondary N) is 2. The molecule has 2 rings (SSSR count). The zero-order valence-corrected chi connectivity index (χ0v) is 17.6. The van der Waals surface area contributed by atoms with Crippen molar-refractivity contribution in [3.8, 4) is 0 Å². The number of hydrogen-bond donors (Lipinski definition) is 3. The number of aromatic carboxylic acids is 1. The first-order valence-electron chi connectivity index (χ1n) is 7.51. The highest BCUT2D eigenvalue weighted by Gasteiger charge is 2.38. The lowest BCUT2D eigenvalue weighted by atomic mass is 10.2. The minimum absolute atomic E-state index is 0.00908. The van der Waals surface area contributed by atoms with Gasteiger partial charge in [0.15, 0.2) is 0 Å². The number of ether oxygens (including phenoxy) is 1. The Morgan fingerprint density at radius 3 is 2.21 bits per heavy atom. The first-order chi connectivity index (χ1) is 13.1. The maximum absolute atomic E-state index is 12.2. The van der Waals surface area contributed by atoms with Crippen molar-refractivity contribution in [2.75, 3.05) is 5.32 Å². The summed E-state index contributed by atoms with van der Waals surface area (Å²) in [6.45, 7) is 0. The van der Waals surface area contributed by atoms with Gasteiger partial charge in [-0.2, -0.15) is 0 Å². The highest BCUT2D eigenvalue weighted by Crippen LogP contribution is 2.31. The summed E-state index contributed by atoms with van der Waals surface area (Å²) in [6, 6.07) is 11.0. The maximum Gasteiger partial charge on any atom is 0.340 e. The monoisotopic (exact) mass is 508 g/mol. The third-order valence-corrected chi connectivity index (χ3v) is 4.39. The zero-order chi connectivity index (χ0) is 20.9. The molecule has 0 bridgehead atoms. The number of carboxylic acids is 1. The number of carboxylic acid groups (broad SMARTS) is 1. The summed E-state index contributed by atoms with van der Waals surface area (Å²) < 4.78 is 3.65. The Hall–Kier alpha value is -2.00. The van der Waals surface area contributed by atoms with Crippen LogP contribution in [0.15, 0.2) is 53.0 Å². The molecule has 3 N–H and O–H groups in total. The van der Waals surface area contributed by atoms with E-state index >= 15 is 0 Å².